The van der Waals surface area contributed by atoms with E-state index >= 15 is 0 Å². The van der Waals surface area contributed by atoms with Crippen LogP contribution in [0.2, 0.25) is 0 Å². The number of fused-ring (bicyclic) bond motifs is 1. The zero-order valence-electron chi connectivity index (χ0n) is 10.1. The van der Waals surface area contributed by atoms with E-state index in [0.29, 0.717) is 0 Å². The molecule has 1 heterocycles. The van der Waals surface area contributed by atoms with Crippen molar-refractivity contribution in [2.75, 3.05) is 0 Å². The van der Waals surface area contributed by atoms with Crippen LogP contribution in [0.5, 0.6) is 0 Å². The first kappa shape index (κ1) is 13.0. The van der Waals surface area contributed by atoms with Gasteiger partial charge in [-0.25, -0.2) is 4.72 Å². The van der Waals surface area contributed by atoms with Gasteiger partial charge in [0.15, 0.2) is 0 Å². The van der Waals surface area contributed by atoms with Crippen LogP contribution < -0.4 is 4.72 Å². The van der Waals surface area contributed by atoms with E-state index in [1.165, 1.54) is 22.0 Å². The van der Waals surface area contributed by atoms with Gasteiger partial charge < -0.3 is 4.98 Å². The van der Waals surface area contributed by atoms with Crippen molar-refractivity contribution in [1.82, 2.24) is 9.71 Å². The second-order valence-electron chi connectivity index (χ2n) is 4.33. The molecular formula is C15H13IN2S. The van der Waals surface area contributed by atoms with Crippen molar-refractivity contribution in [2.45, 2.75) is 6.04 Å². The topological polar surface area (TPSA) is 27.8 Å². The minimum absolute atomic E-state index is 0.194. The Kier molecular flexibility index (Phi) is 4.10. The van der Waals surface area contributed by atoms with Crippen LogP contribution in [0.4, 0.5) is 0 Å². The number of aromatic nitrogens is 1. The molecule has 2 N–H and O–H groups in total. The van der Waals surface area contributed by atoms with Crippen molar-refractivity contribution in [3.05, 3.63) is 71.9 Å². The Labute approximate surface area is 128 Å². The molecule has 2 nitrogen and oxygen atoms in total. The third kappa shape index (κ3) is 2.66. The standard InChI is InChI=1S/C15H13IN2S/c16-19-18-15(11-6-2-1-3-7-11)13-10-17-14-9-5-4-8-12(13)14/h1-10,15,17-18H. The van der Waals surface area contributed by atoms with Gasteiger partial charge >= 0.3 is 0 Å². The number of para-hydroxylation sites is 1. The van der Waals surface area contributed by atoms with Crippen LogP contribution in [0.1, 0.15) is 17.2 Å². The fourth-order valence-corrected chi connectivity index (χ4v) is 3.45. The van der Waals surface area contributed by atoms with Crippen LogP contribution >= 0.6 is 30.3 Å². The van der Waals surface area contributed by atoms with Crippen molar-refractivity contribution >= 4 is 41.2 Å². The Morgan fingerprint density at radius 2 is 1.74 bits per heavy atom. The molecule has 0 fully saturated rings. The summed E-state index contributed by atoms with van der Waals surface area (Å²) in [6.45, 7) is 0. The molecule has 3 aromatic rings. The maximum atomic E-state index is 3.48. The first-order chi connectivity index (χ1) is 9.40. The maximum Gasteiger partial charge on any atom is 0.0699 e. The van der Waals surface area contributed by atoms with Gasteiger partial charge in [0.1, 0.15) is 0 Å². The second kappa shape index (κ2) is 5.98. The Morgan fingerprint density at radius 1 is 1.00 bits per heavy atom. The monoisotopic (exact) mass is 380 g/mol. The summed E-state index contributed by atoms with van der Waals surface area (Å²) in [6.07, 6.45) is 2.10. The predicted molar refractivity (Wildman–Crippen MR) is 91.3 cm³/mol. The summed E-state index contributed by atoms with van der Waals surface area (Å²) in [5, 5.41) is 1.27. The van der Waals surface area contributed by atoms with E-state index in [9.17, 15) is 0 Å². The molecule has 0 spiro atoms. The van der Waals surface area contributed by atoms with Gasteiger partial charge in [0.05, 0.1) is 6.04 Å². The van der Waals surface area contributed by atoms with E-state index in [4.69, 9.17) is 0 Å². The summed E-state index contributed by atoms with van der Waals surface area (Å²) in [5.74, 6) is 0. The normalized spacial score (nSPS) is 12.7. The third-order valence-electron chi connectivity index (χ3n) is 3.23. The molecule has 0 aliphatic heterocycles. The number of hydrogen-bond acceptors (Lipinski definition) is 2. The number of nitrogens with one attached hydrogen (secondary N) is 2. The molecule has 0 saturated heterocycles. The molecule has 0 saturated carbocycles. The van der Waals surface area contributed by atoms with E-state index in [1.807, 2.05) is 6.07 Å². The molecule has 0 aliphatic rings. The van der Waals surface area contributed by atoms with Crippen molar-refractivity contribution < 1.29 is 0 Å². The molecule has 96 valence electrons. The first-order valence-electron chi connectivity index (χ1n) is 6.04. The number of rotatable bonds is 4. The van der Waals surface area contributed by atoms with Gasteiger partial charge in [-0.2, -0.15) is 0 Å². The molecule has 3 rings (SSSR count). The molecule has 0 bridgehead atoms. The molecule has 1 aromatic heterocycles. The summed E-state index contributed by atoms with van der Waals surface area (Å²) < 4.78 is 3.48. The van der Waals surface area contributed by atoms with Gasteiger partial charge in [-0.05, 0) is 26.3 Å². The molecule has 1 unspecified atom stereocenters. The Hall–Kier alpha value is -0.980. The number of benzene rings is 2. The minimum atomic E-state index is 0.194. The largest absolute Gasteiger partial charge is 0.361 e. The van der Waals surface area contributed by atoms with E-state index in [1.54, 1.807) is 9.12 Å². The van der Waals surface area contributed by atoms with Crippen molar-refractivity contribution in [1.29, 1.82) is 0 Å². The van der Waals surface area contributed by atoms with Gasteiger partial charge in [0.25, 0.3) is 0 Å². The number of halogens is 1. The Morgan fingerprint density at radius 3 is 2.53 bits per heavy atom. The van der Waals surface area contributed by atoms with Crippen LogP contribution in [-0.2, 0) is 0 Å². The highest BCUT2D eigenvalue weighted by Gasteiger charge is 2.17. The van der Waals surface area contributed by atoms with Gasteiger partial charge in [0, 0.05) is 38.3 Å². The maximum absolute atomic E-state index is 3.48. The van der Waals surface area contributed by atoms with Crippen LogP contribution in [0.3, 0.4) is 0 Å². The predicted octanol–water partition coefficient (Wildman–Crippen LogP) is 4.85. The van der Waals surface area contributed by atoms with Crippen LogP contribution in [-0.4, -0.2) is 4.98 Å². The van der Waals surface area contributed by atoms with Crippen LogP contribution in [0.15, 0.2) is 60.8 Å². The van der Waals surface area contributed by atoms with E-state index in [0.717, 1.165) is 0 Å². The number of H-pyrrole nitrogens is 1. The minimum Gasteiger partial charge on any atom is -0.361 e. The van der Waals surface area contributed by atoms with E-state index < -0.39 is 0 Å². The van der Waals surface area contributed by atoms with Crippen LogP contribution in [0.25, 0.3) is 10.9 Å². The molecule has 0 radical (unpaired) electrons. The SMILES string of the molecule is ISNC(c1ccccc1)c1c[nH]c2ccccc12. The highest BCUT2D eigenvalue weighted by Crippen LogP contribution is 2.31. The quantitative estimate of drug-likeness (QED) is 0.501. The third-order valence-corrected chi connectivity index (χ3v) is 4.32. The number of aromatic amines is 1. The first-order valence-corrected chi connectivity index (χ1v) is 9.40. The summed E-state index contributed by atoms with van der Waals surface area (Å²) in [6, 6.07) is 19.1. The summed E-state index contributed by atoms with van der Waals surface area (Å²) in [5.41, 5.74) is 3.74. The van der Waals surface area contributed by atoms with Crippen molar-refractivity contribution in [3.63, 3.8) is 0 Å². The van der Waals surface area contributed by atoms with E-state index in [-0.39, 0.29) is 6.04 Å². The lowest BCUT2D eigenvalue weighted by Crippen LogP contribution is -2.13. The zero-order chi connectivity index (χ0) is 13.1. The molecule has 0 aliphatic carbocycles. The van der Waals surface area contributed by atoms with Gasteiger partial charge in [-0.3, -0.25) is 0 Å². The Balaban J connectivity index is 2.10. The molecule has 4 heteroatoms. The van der Waals surface area contributed by atoms with Crippen molar-refractivity contribution in [3.8, 4) is 0 Å². The van der Waals surface area contributed by atoms with Crippen LogP contribution in [0, 0.1) is 0 Å². The molecule has 0 amide bonds. The summed E-state index contributed by atoms with van der Waals surface area (Å²) >= 11 is 2.27. The highest BCUT2D eigenvalue weighted by molar-refractivity contribution is 14.2. The smallest absolute Gasteiger partial charge is 0.0699 e. The second-order valence-corrected chi connectivity index (χ2v) is 6.04. The highest BCUT2D eigenvalue weighted by atomic mass is 127. The number of hydrogen-bond donors (Lipinski definition) is 2. The molecule has 19 heavy (non-hydrogen) atoms. The lowest BCUT2D eigenvalue weighted by Gasteiger charge is -2.16. The average molecular weight is 380 g/mol. The average Bonchev–Trinajstić information content (AvgIpc) is 2.89. The van der Waals surface area contributed by atoms with Gasteiger partial charge in [-0.1, -0.05) is 48.5 Å². The van der Waals surface area contributed by atoms with Gasteiger partial charge in [0.2, 0.25) is 0 Å². The molecule has 2 aromatic carbocycles. The molecular weight excluding hydrogens is 367 g/mol. The lowest BCUT2D eigenvalue weighted by atomic mass is 9.99. The zero-order valence-corrected chi connectivity index (χ0v) is 13.1. The lowest BCUT2D eigenvalue weighted by molar-refractivity contribution is 0.815. The summed E-state index contributed by atoms with van der Waals surface area (Å²) in [4.78, 5) is 3.35. The Bertz CT molecular complexity index is 666. The molecule has 1 atom stereocenters. The fraction of sp³-hybridized carbons (Fsp3) is 0.0667. The van der Waals surface area contributed by atoms with Crippen molar-refractivity contribution in [2.24, 2.45) is 0 Å². The van der Waals surface area contributed by atoms with Gasteiger partial charge in [-0.15, -0.1) is 0 Å². The fourth-order valence-electron chi connectivity index (χ4n) is 2.33. The van der Waals surface area contributed by atoms with E-state index in [2.05, 4.69) is 85.6 Å². The summed E-state index contributed by atoms with van der Waals surface area (Å²) in [7, 11) is 1.62.